The van der Waals surface area contributed by atoms with Crippen LogP contribution in [0.4, 0.5) is 5.95 Å². The van der Waals surface area contributed by atoms with Crippen molar-refractivity contribution < 1.29 is 9.53 Å². The number of nitrogens with zero attached hydrogens (tertiary/aromatic N) is 3. The van der Waals surface area contributed by atoms with E-state index in [9.17, 15) is 4.79 Å². The number of fused-ring (bicyclic) bond motifs is 1. The van der Waals surface area contributed by atoms with Crippen LogP contribution in [-0.2, 0) is 9.53 Å². The first-order chi connectivity index (χ1) is 12.7. The molecule has 1 aromatic heterocycles. The van der Waals surface area contributed by atoms with Crippen LogP contribution in [0.3, 0.4) is 0 Å². The Bertz CT molecular complexity index is 965. The zero-order valence-corrected chi connectivity index (χ0v) is 15.3. The fourth-order valence-corrected chi connectivity index (χ4v) is 3.93. The summed E-state index contributed by atoms with van der Waals surface area (Å²) in [6.45, 7) is 2.15. The van der Waals surface area contributed by atoms with Crippen LogP contribution in [0.2, 0.25) is 0 Å². The number of nitrogen functional groups attached to an aromatic ring is 1. The number of carbonyl (C=O) groups excluding carboxylic acids is 1. The second-order valence-corrected chi connectivity index (χ2v) is 7.21. The van der Waals surface area contributed by atoms with Crippen LogP contribution in [0.15, 0.2) is 41.6 Å². The summed E-state index contributed by atoms with van der Waals surface area (Å²) in [5, 5.41) is 11.1. The summed E-state index contributed by atoms with van der Waals surface area (Å²) in [5.74, 6) is 0.856. The third-order valence-corrected chi connectivity index (χ3v) is 5.38. The number of hydrogen-bond donors (Lipinski definition) is 1. The number of ether oxygens (including phenoxy) is 1. The smallest absolute Gasteiger partial charge is 0.316 e. The number of thioether (sulfide) groups is 1. The fraction of sp³-hybridized carbons (Fsp3) is 0.316. The molecule has 0 bridgehead atoms. The third-order valence-electron chi connectivity index (χ3n) is 4.48. The molecule has 0 radical (unpaired) electrons. The molecule has 26 heavy (non-hydrogen) atoms. The predicted molar refractivity (Wildman–Crippen MR) is 103 cm³/mol. The first-order valence-electron chi connectivity index (χ1n) is 8.70. The lowest BCUT2D eigenvalue weighted by Crippen LogP contribution is -2.08. The zero-order chi connectivity index (χ0) is 18.1. The molecule has 2 N–H and O–H groups in total. The van der Waals surface area contributed by atoms with Crippen molar-refractivity contribution in [3.05, 3.63) is 42.0 Å². The van der Waals surface area contributed by atoms with E-state index in [0.29, 0.717) is 23.6 Å². The van der Waals surface area contributed by atoms with E-state index in [1.165, 1.54) is 35.6 Å². The van der Waals surface area contributed by atoms with Gasteiger partial charge in [-0.3, -0.25) is 9.36 Å². The molecule has 0 atom stereocenters. The Morgan fingerprint density at radius 1 is 1.23 bits per heavy atom. The van der Waals surface area contributed by atoms with Gasteiger partial charge in [0.05, 0.1) is 18.0 Å². The minimum atomic E-state index is -0.278. The maximum Gasteiger partial charge on any atom is 0.316 e. The average Bonchev–Trinajstić information content (AvgIpc) is 3.43. The molecule has 0 saturated heterocycles. The number of esters is 1. The predicted octanol–water partition coefficient (Wildman–Crippen LogP) is 3.54. The van der Waals surface area contributed by atoms with Gasteiger partial charge in [-0.25, -0.2) is 0 Å². The minimum Gasteiger partial charge on any atom is -0.465 e. The molecule has 134 valence electrons. The summed E-state index contributed by atoms with van der Waals surface area (Å²) < 4.78 is 6.80. The molecule has 1 fully saturated rings. The second kappa shape index (κ2) is 6.99. The Labute approximate surface area is 155 Å². The first kappa shape index (κ1) is 16.9. The van der Waals surface area contributed by atoms with Crippen molar-refractivity contribution in [1.82, 2.24) is 14.8 Å². The summed E-state index contributed by atoms with van der Waals surface area (Å²) in [6, 6.07) is 12.6. The molecule has 3 aromatic rings. The van der Waals surface area contributed by atoms with Crippen LogP contribution in [-0.4, -0.2) is 33.1 Å². The lowest BCUT2D eigenvalue weighted by atomic mass is 9.99. The van der Waals surface area contributed by atoms with Crippen LogP contribution in [0, 0.1) is 0 Å². The molecule has 6 nitrogen and oxygen atoms in total. The molecule has 7 heteroatoms. The van der Waals surface area contributed by atoms with Crippen LogP contribution in [0.25, 0.3) is 16.5 Å². The Balaban J connectivity index is 1.75. The highest BCUT2D eigenvalue weighted by Crippen LogP contribution is 2.44. The topological polar surface area (TPSA) is 83.0 Å². The second-order valence-electron chi connectivity index (χ2n) is 6.26. The van der Waals surface area contributed by atoms with E-state index in [4.69, 9.17) is 10.5 Å². The number of aromatic nitrogens is 3. The molecule has 0 aliphatic heterocycles. The van der Waals surface area contributed by atoms with Crippen molar-refractivity contribution in [2.45, 2.75) is 30.8 Å². The third kappa shape index (κ3) is 3.14. The van der Waals surface area contributed by atoms with Gasteiger partial charge in [-0.15, -0.1) is 10.2 Å². The van der Waals surface area contributed by atoms with Crippen LogP contribution < -0.4 is 5.73 Å². The summed E-state index contributed by atoms with van der Waals surface area (Å²) in [6.07, 6.45) is 2.50. The van der Waals surface area contributed by atoms with Crippen molar-refractivity contribution in [2.24, 2.45) is 0 Å². The Hall–Kier alpha value is -2.54. The molecule has 0 unspecified atom stereocenters. The van der Waals surface area contributed by atoms with E-state index in [0.717, 1.165) is 11.1 Å². The van der Waals surface area contributed by atoms with E-state index >= 15 is 0 Å². The Kier molecular flexibility index (Phi) is 4.55. The van der Waals surface area contributed by atoms with Gasteiger partial charge in [-0.2, -0.15) is 0 Å². The lowest BCUT2D eigenvalue weighted by Gasteiger charge is -2.14. The lowest BCUT2D eigenvalue weighted by molar-refractivity contribution is -0.139. The molecule has 1 heterocycles. The van der Waals surface area contributed by atoms with Gasteiger partial charge in [0.25, 0.3) is 0 Å². The van der Waals surface area contributed by atoms with Gasteiger partial charge < -0.3 is 10.5 Å². The van der Waals surface area contributed by atoms with Gasteiger partial charge in [-0.05, 0) is 42.7 Å². The summed E-state index contributed by atoms with van der Waals surface area (Å²) in [4.78, 5) is 11.7. The maximum absolute atomic E-state index is 11.7. The molecule has 2 aromatic carbocycles. The van der Waals surface area contributed by atoms with Gasteiger partial charge in [0.15, 0.2) is 5.16 Å². The molecular formula is C19H20N4O2S. The minimum absolute atomic E-state index is 0.171. The van der Waals surface area contributed by atoms with Crippen molar-refractivity contribution in [3.8, 4) is 5.69 Å². The molecule has 0 spiro atoms. The van der Waals surface area contributed by atoms with Gasteiger partial charge in [0.2, 0.25) is 5.95 Å². The normalized spacial score (nSPS) is 13.9. The van der Waals surface area contributed by atoms with Crippen LogP contribution in [0.1, 0.15) is 31.2 Å². The van der Waals surface area contributed by atoms with Crippen LogP contribution in [0.5, 0.6) is 0 Å². The highest BCUT2D eigenvalue weighted by Gasteiger charge is 2.26. The van der Waals surface area contributed by atoms with Crippen molar-refractivity contribution in [3.63, 3.8) is 0 Å². The maximum atomic E-state index is 11.7. The Morgan fingerprint density at radius 2 is 2.00 bits per heavy atom. The largest absolute Gasteiger partial charge is 0.465 e. The van der Waals surface area contributed by atoms with Crippen molar-refractivity contribution in [2.75, 3.05) is 18.1 Å². The van der Waals surface area contributed by atoms with Crippen molar-refractivity contribution in [1.29, 1.82) is 0 Å². The fourth-order valence-electron chi connectivity index (χ4n) is 3.18. The van der Waals surface area contributed by atoms with E-state index in [-0.39, 0.29) is 11.7 Å². The molecular weight excluding hydrogens is 348 g/mol. The monoisotopic (exact) mass is 368 g/mol. The van der Waals surface area contributed by atoms with Gasteiger partial charge in [0, 0.05) is 5.39 Å². The zero-order valence-electron chi connectivity index (χ0n) is 14.5. The number of carbonyl (C=O) groups is 1. The number of hydrogen-bond acceptors (Lipinski definition) is 6. The number of benzene rings is 2. The van der Waals surface area contributed by atoms with Crippen molar-refractivity contribution >= 4 is 34.5 Å². The first-order valence-corrected chi connectivity index (χ1v) is 9.69. The number of anilines is 1. The van der Waals surface area contributed by atoms with E-state index in [1.54, 1.807) is 6.92 Å². The summed E-state index contributed by atoms with van der Waals surface area (Å²) in [5.41, 5.74) is 8.41. The van der Waals surface area contributed by atoms with Gasteiger partial charge >= 0.3 is 5.97 Å². The molecule has 0 amide bonds. The summed E-state index contributed by atoms with van der Waals surface area (Å²) in [7, 11) is 0. The quantitative estimate of drug-likeness (QED) is 0.529. The standard InChI is InChI=1S/C19H20N4O2S/c1-2-25-17(24)11-26-19-22-21-18(20)23(19)16-10-9-13(12-7-8-12)14-5-3-4-6-15(14)16/h3-6,9-10,12H,2,7-8,11H2,1H3,(H2,20,21). The highest BCUT2D eigenvalue weighted by molar-refractivity contribution is 7.99. The van der Waals surface area contributed by atoms with E-state index in [2.05, 4.69) is 40.5 Å². The molecule has 1 aliphatic carbocycles. The molecule has 1 saturated carbocycles. The van der Waals surface area contributed by atoms with Gasteiger partial charge in [0.1, 0.15) is 0 Å². The molecule has 1 aliphatic rings. The van der Waals surface area contributed by atoms with E-state index in [1.807, 2.05) is 10.6 Å². The SMILES string of the molecule is CCOC(=O)CSc1nnc(N)n1-c1ccc(C2CC2)c2ccccc12. The summed E-state index contributed by atoms with van der Waals surface area (Å²) >= 11 is 1.28. The molecule has 4 rings (SSSR count). The van der Waals surface area contributed by atoms with E-state index < -0.39 is 0 Å². The van der Waals surface area contributed by atoms with Crippen LogP contribution >= 0.6 is 11.8 Å². The highest BCUT2D eigenvalue weighted by atomic mass is 32.2. The number of rotatable bonds is 6. The number of nitrogens with two attached hydrogens (primary N) is 1. The average molecular weight is 368 g/mol. The van der Waals surface area contributed by atoms with Gasteiger partial charge in [-0.1, -0.05) is 42.1 Å². The Morgan fingerprint density at radius 3 is 2.73 bits per heavy atom.